The molecular weight excluding hydrogens is 284 g/mol. The highest BCUT2D eigenvalue weighted by atomic mass is 32.1. The molecule has 1 atom stereocenters. The highest BCUT2D eigenvalue weighted by Crippen LogP contribution is 2.32. The van der Waals surface area contributed by atoms with Crippen molar-refractivity contribution in [3.63, 3.8) is 0 Å². The van der Waals surface area contributed by atoms with E-state index in [0.29, 0.717) is 17.8 Å². The fourth-order valence-corrected chi connectivity index (χ4v) is 2.85. The largest absolute Gasteiger partial charge is 0.393 e. The van der Waals surface area contributed by atoms with Crippen LogP contribution < -0.4 is 5.73 Å². The standard InChI is InChI=1S/C16H20N2O2S/c1-16(2)8-13(19)18(14(20)9-16)10-12(15(17)21)11-6-4-3-5-7-11/h3-7,12H,8-10H2,1-2H3,(H2,17,21). The van der Waals surface area contributed by atoms with E-state index in [4.69, 9.17) is 18.0 Å². The number of carbonyl (C=O) groups is 2. The molecule has 21 heavy (non-hydrogen) atoms. The maximum absolute atomic E-state index is 12.2. The number of imide groups is 1. The molecule has 1 aromatic carbocycles. The molecule has 1 aliphatic rings. The molecule has 1 aliphatic heterocycles. The van der Waals surface area contributed by atoms with Crippen molar-refractivity contribution in [2.45, 2.75) is 32.6 Å². The Labute approximate surface area is 130 Å². The first-order chi connectivity index (χ1) is 9.80. The zero-order valence-electron chi connectivity index (χ0n) is 12.3. The minimum absolute atomic E-state index is 0.145. The van der Waals surface area contributed by atoms with Crippen LogP contribution in [0.2, 0.25) is 0 Å². The summed E-state index contributed by atoms with van der Waals surface area (Å²) >= 11 is 5.12. The highest BCUT2D eigenvalue weighted by molar-refractivity contribution is 7.80. The van der Waals surface area contributed by atoms with Crippen LogP contribution in [-0.2, 0) is 9.59 Å². The molecule has 0 radical (unpaired) electrons. The van der Waals surface area contributed by atoms with Gasteiger partial charge in [-0.3, -0.25) is 14.5 Å². The summed E-state index contributed by atoms with van der Waals surface area (Å²) in [4.78, 5) is 26.1. The predicted molar refractivity (Wildman–Crippen MR) is 85.7 cm³/mol. The molecule has 1 fully saturated rings. The number of piperidine rings is 1. The lowest BCUT2D eigenvalue weighted by Gasteiger charge is -2.36. The van der Waals surface area contributed by atoms with Gasteiger partial charge in [0.2, 0.25) is 11.8 Å². The van der Waals surface area contributed by atoms with E-state index in [0.717, 1.165) is 5.56 Å². The molecule has 0 spiro atoms. The van der Waals surface area contributed by atoms with Crippen LogP contribution in [0.25, 0.3) is 0 Å². The van der Waals surface area contributed by atoms with Gasteiger partial charge in [-0.25, -0.2) is 0 Å². The Bertz CT molecular complexity index is 549. The van der Waals surface area contributed by atoms with Crippen molar-refractivity contribution < 1.29 is 9.59 Å². The minimum atomic E-state index is -0.296. The molecule has 1 heterocycles. The van der Waals surface area contributed by atoms with Gasteiger partial charge in [-0.1, -0.05) is 56.4 Å². The number of nitrogens with two attached hydrogens (primary N) is 1. The van der Waals surface area contributed by atoms with Crippen LogP contribution in [0.5, 0.6) is 0 Å². The maximum atomic E-state index is 12.2. The zero-order chi connectivity index (χ0) is 15.6. The van der Waals surface area contributed by atoms with Gasteiger partial charge in [-0.05, 0) is 11.0 Å². The number of rotatable bonds is 4. The van der Waals surface area contributed by atoms with Gasteiger partial charge in [0.05, 0.1) is 10.9 Å². The van der Waals surface area contributed by atoms with Crippen molar-refractivity contribution in [3.05, 3.63) is 35.9 Å². The topological polar surface area (TPSA) is 63.4 Å². The summed E-state index contributed by atoms with van der Waals surface area (Å²) in [5, 5.41) is 0. The summed E-state index contributed by atoms with van der Waals surface area (Å²) in [5.74, 6) is -0.586. The van der Waals surface area contributed by atoms with Crippen molar-refractivity contribution in [1.82, 2.24) is 4.90 Å². The second-order valence-corrected chi connectivity index (χ2v) is 6.75. The van der Waals surface area contributed by atoms with Crippen LogP contribution in [-0.4, -0.2) is 28.2 Å². The van der Waals surface area contributed by atoms with Gasteiger partial charge in [0, 0.05) is 19.4 Å². The highest BCUT2D eigenvalue weighted by Gasteiger charge is 2.38. The Kier molecular flexibility index (Phi) is 4.42. The van der Waals surface area contributed by atoms with Crippen LogP contribution in [0, 0.1) is 5.41 Å². The summed E-state index contributed by atoms with van der Waals surface area (Å²) in [6, 6.07) is 9.51. The number of hydrogen-bond acceptors (Lipinski definition) is 3. The summed E-state index contributed by atoms with van der Waals surface area (Å²) in [5.41, 5.74) is 6.47. The average Bonchev–Trinajstić information content (AvgIpc) is 2.37. The molecule has 1 aromatic rings. The number of likely N-dealkylation sites (tertiary alicyclic amines) is 1. The molecule has 0 aromatic heterocycles. The van der Waals surface area contributed by atoms with Crippen molar-refractivity contribution >= 4 is 29.0 Å². The lowest BCUT2D eigenvalue weighted by atomic mass is 9.81. The normalized spacial score (nSPS) is 19.4. The van der Waals surface area contributed by atoms with Crippen LogP contribution in [0.3, 0.4) is 0 Å². The molecule has 0 bridgehead atoms. The number of carbonyl (C=O) groups excluding carboxylic acids is 2. The van der Waals surface area contributed by atoms with Crippen molar-refractivity contribution in [2.24, 2.45) is 11.1 Å². The average molecular weight is 304 g/mol. The predicted octanol–water partition coefficient (Wildman–Crippen LogP) is 2.23. The lowest BCUT2D eigenvalue weighted by Crippen LogP contribution is -2.48. The first-order valence-corrected chi connectivity index (χ1v) is 7.38. The summed E-state index contributed by atoms with van der Waals surface area (Å²) in [6.07, 6.45) is 0.745. The zero-order valence-corrected chi connectivity index (χ0v) is 13.2. The maximum Gasteiger partial charge on any atom is 0.229 e. The number of thiocarbonyl (C=S) groups is 1. The minimum Gasteiger partial charge on any atom is -0.393 e. The number of nitrogens with zero attached hydrogens (tertiary/aromatic N) is 1. The van der Waals surface area contributed by atoms with E-state index in [-0.39, 0.29) is 29.7 Å². The van der Waals surface area contributed by atoms with E-state index in [2.05, 4.69) is 0 Å². The molecule has 4 nitrogen and oxygen atoms in total. The summed E-state index contributed by atoms with van der Waals surface area (Å²) in [6.45, 7) is 4.10. The van der Waals surface area contributed by atoms with Crippen LogP contribution in [0.4, 0.5) is 0 Å². The van der Waals surface area contributed by atoms with Gasteiger partial charge in [0.15, 0.2) is 0 Å². The Morgan fingerprint density at radius 1 is 1.24 bits per heavy atom. The molecular formula is C16H20N2O2S. The van der Waals surface area contributed by atoms with E-state index in [1.807, 2.05) is 44.2 Å². The SMILES string of the molecule is CC1(C)CC(=O)N(CC(C(N)=S)c2ccccc2)C(=O)C1. The molecule has 2 N–H and O–H groups in total. The Balaban J connectivity index is 2.20. The second-order valence-electron chi connectivity index (χ2n) is 6.28. The molecule has 5 heteroatoms. The van der Waals surface area contributed by atoms with Crippen LogP contribution >= 0.6 is 12.2 Å². The third-order valence-corrected chi connectivity index (χ3v) is 4.06. The molecule has 112 valence electrons. The number of hydrogen-bond donors (Lipinski definition) is 1. The van der Waals surface area contributed by atoms with Crippen molar-refractivity contribution in [3.8, 4) is 0 Å². The molecule has 1 saturated heterocycles. The molecule has 1 unspecified atom stereocenters. The third-order valence-electron chi connectivity index (χ3n) is 3.77. The Hall–Kier alpha value is -1.75. The smallest absolute Gasteiger partial charge is 0.229 e. The fraction of sp³-hybridized carbons (Fsp3) is 0.438. The second kappa shape index (κ2) is 5.93. The van der Waals surface area contributed by atoms with E-state index >= 15 is 0 Å². The number of amides is 2. The van der Waals surface area contributed by atoms with Gasteiger partial charge in [-0.2, -0.15) is 0 Å². The van der Waals surface area contributed by atoms with Gasteiger partial charge in [0.25, 0.3) is 0 Å². The summed E-state index contributed by atoms with van der Waals surface area (Å²) in [7, 11) is 0. The van der Waals surface area contributed by atoms with Crippen LogP contribution in [0.15, 0.2) is 30.3 Å². The Morgan fingerprint density at radius 3 is 2.24 bits per heavy atom. The summed E-state index contributed by atoms with van der Waals surface area (Å²) < 4.78 is 0. The molecule has 0 aliphatic carbocycles. The molecule has 2 amide bonds. The van der Waals surface area contributed by atoms with Gasteiger partial charge in [0.1, 0.15) is 0 Å². The van der Waals surface area contributed by atoms with Gasteiger partial charge in [-0.15, -0.1) is 0 Å². The van der Waals surface area contributed by atoms with E-state index < -0.39 is 0 Å². The van der Waals surface area contributed by atoms with Gasteiger partial charge >= 0.3 is 0 Å². The molecule has 0 saturated carbocycles. The molecule has 2 rings (SSSR count). The third kappa shape index (κ3) is 3.67. The van der Waals surface area contributed by atoms with Gasteiger partial charge < -0.3 is 5.73 Å². The van der Waals surface area contributed by atoms with E-state index in [9.17, 15) is 9.59 Å². The quantitative estimate of drug-likeness (QED) is 0.684. The van der Waals surface area contributed by atoms with Crippen LogP contribution in [0.1, 0.15) is 38.2 Å². The van der Waals surface area contributed by atoms with Crippen molar-refractivity contribution in [1.29, 1.82) is 0 Å². The first kappa shape index (κ1) is 15.6. The Morgan fingerprint density at radius 2 is 1.76 bits per heavy atom. The van der Waals surface area contributed by atoms with Crippen molar-refractivity contribution in [2.75, 3.05) is 6.54 Å². The lowest BCUT2D eigenvalue weighted by molar-refractivity contribution is -0.152. The van der Waals surface area contributed by atoms with E-state index in [1.165, 1.54) is 4.90 Å². The monoisotopic (exact) mass is 304 g/mol. The number of benzene rings is 1. The fourth-order valence-electron chi connectivity index (χ4n) is 2.64. The van der Waals surface area contributed by atoms with E-state index in [1.54, 1.807) is 0 Å². The first-order valence-electron chi connectivity index (χ1n) is 6.97.